The molecule has 17 heavy (non-hydrogen) atoms. The van der Waals surface area contributed by atoms with Crippen LogP contribution in [-0.2, 0) is 16.6 Å². The summed E-state index contributed by atoms with van der Waals surface area (Å²) in [6, 6.07) is 6.43. The Morgan fingerprint density at radius 2 is 2.18 bits per heavy atom. The van der Waals surface area contributed by atoms with Crippen molar-refractivity contribution in [1.29, 1.82) is 5.26 Å². The van der Waals surface area contributed by atoms with Crippen LogP contribution in [0.15, 0.2) is 18.2 Å². The number of nitriles is 1. The molecule has 1 aromatic rings. The van der Waals surface area contributed by atoms with Crippen molar-refractivity contribution in [3.63, 3.8) is 0 Å². The van der Waals surface area contributed by atoms with Crippen LogP contribution in [0.2, 0.25) is 0 Å². The van der Waals surface area contributed by atoms with E-state index in [2.05, 4.69) is 6.92 Å². The van der Waals surface area contributed by atoms with Crippen LogP contribution in [0.3, 0.4) is 0 Å². The summed E-state index contributed by atoms with van der Waals surface area (Å²) < 4.78 is 25.4. The fraction of sp³-hybridized carbons (Fsp3) is 0.462. The third-order valence-corrected chi connectivity index (χ3v) is 3.87. The number of unbranched alkanes of at least 4 members (excludes halogenated alkanes) is 2. The molecule has 92 valence electrons. The number of halogens is 1. The summed E-state index contributed by atoms with van der Waals surface area (Å²) in [5, 5.41) is 8.68. The summed E-state index contributed by atoms with van der Waals surface area (Å²) in [5.74, 6) is 0.272. The molecule has 4 heteroatoms. The van der Waals surface area contributed by atoms with E-state index in [1.54, 1.807) is 18.2 Å². The van der Waals surface area contributed by atoms with Crippen LogP contribution in [0.5, 0.6) is 0 Å². The lowest BCUT2D eigenvalue weighted by molar-refractivity contribution is 0.611. The van der Waals surface area contributed by atoms with Crippen molar-refractivity contribution in [1.82, 2.24) is 0 Å². The minimum absolute atomic E-state index is 0.0214. The Morgan fingerprint density at radius 3 is 2.82 bits per heavy atom. The van der Waals surface area contributed by atoms with Gasteiger partial charge in [0.1, 0.15) is 11.9 Å². The molecule has 0 aromatic heterocycles. The number of benzene rings is 1. The second-order valence-electron chi connectivity index (χ2n) is 3.89. The fourth-order valence-electron chi connectivity index (χ4n) is 1.54. The Morgan fingerprint density at radius 1 is 1.41 bits per heavy atom. The van der Waals surface area contributed by atoms with Crippen molar-refractivity contribution < 1.29 is 8.60 Å². The van der Waals surface area contributed by atoms with Gasteiger partial charge in [0.2, 0.25) is 0 Å². The van der Waals surface area contributed by atoms with E-state index in [4.69, 9.17) is 5.26 Å². The van der Waals surface area contributed by atoms with Gasteiger partial charge in [0.15, 0.2) is 0 Å². The van der Waals surface area contributed by atoms with E-state index in [1.165, 1.54) is 6.07 Å². The van der Waals surface area contributed by atoms with Gasteiger partial charge in [0.05, 0.1) is 11.3 Å². The first kappa shape index (κ1) is 13.9. The van der Waals surface area contributed by atoms with Gasteiger partial charge in [0.25, 0.3) is 0 Å². The standard InChI is InChI=1S/C13H16FNOS/c1-2-3-4-8-17(16)10-12-7-5-6-11(9-15)13(12)14/h5-7H,2-4,8,10H2,1H3. The molecule has 1 rings (SSSR count). The first-order valence-electron chi connectivity index (χ1n) is 5.71. The fourth-order valence-corrected chi connectivity index (χ4v) is 2.78. The first-order chi connectivity index (χ1) is 8.19. The summed E-state index contributed by atoms with van der Waals surface area (Å²) in [4.78, 5) is 0. The van der Waals surface area contributed by atoms with Crippen molar-refractivity contribution in [2.75, 3.05) is 5.75 Å². The molecule has 0 saturated carbocycles. The van der Waals surface area contributed by atoms with Gasteiger partial charge in [0, 0.05) is 22.1 Å². The van der Waals surface area contributed by atoms with Crippen LogP contribution in [-0.4, -0.2) is 9.96 Å². The van der Waals surface area contributed by atoms with Gasteiger partial charge in [-0.05, 0) is 12.5 Å². The highest BCUT2D eigenvalue weighted by molar-refractivity contribution is 7.84. The van der Waals surface area contributed by atoms with Crippen molar-refractivity contribution in [3.05, 3.63) is 35.1 Å². The second-order valence-corrected chi connectivity index (χ2v) is 5.46. The third kappa shape index (κ3) is 4.27. The molecule has 0 N–H and O–H groups in total. The predicted molar refractivity (Wildman–Crippen MR) is 67.4 cm³/mol. The largest absolute Gasteiger partial charge is 0.259 e. The lowest BCUT2D eigenvalue weighted by Gasteiger charge is -2.04. The highest BCUT2D eigenvalue weighted by Gasteiger charge is 2.10. The molecule has 0 bridgehead atoms. The number of hydrogen-bond donors (Lipinski definition) is 0. The van der Waals surface area contributed by atoms with Gasteiger partial charge < -0.3 is 0 Å². The average Bonchev–Trinajstić information content (AvgIpc) is 2.32. The zero-order chi connectivity index (χ0) is 12.7. The molecule has 0 spiro atoms. The van der Waals surface area contributed by atoms with E-state index in [0.29, 0.717) is 11.3 Å². The molecule has 1 unspecified atom stereocenters. The van der Waals surface area contributed by atoms with E-state index < -0.39 is 16.6 Å². The van der Waals surface area contributed by atoms with Crippen molar-refractivity contribution >= 4 is 10.8 Å². The Labute approximate surface area is 104 Å². The Bertz CT molecular complexity index is 440. The topological polar surface area (TPSA) is 40.9 Å². The molecule has 0 aliphatic carbocycles. The first-order valence-corrected chi connectivity index (χ1v) is 7.20. The van der Waals surface area contributed by atoms with Gasteiger partial charge in [-0.3, -0.25) is 4.21 Å². The predicted octanol–water partition coefficient (Wildman–Crippen LogP) is 3.14. The van der Waals surface area contributed by atoms with E-state index in [1.807, 2.05) is 0 Å². The van der Waals surface area contributed by atoms with Gasteiger partial charge in [-0.15, -0.1) is 0 Å². The van der Waals surface area contributed by atoms with Gasteiger partial charge in [-0.1, -0.05) is 31.9 Å². The number of rotatable bonds is 6. The molecule has 1 atom stereocenters. The van der Waals surface area contributed by atoms with Crippen LogP contribution in [0.1, 0.15) is 37.3 Å². The highest BCUT2D eigenvalue weighted by atomic mass is 32.2. The molecule has 2 nitrogen and oxygen atoms in total. The number of nitrogens with zero attached hydrogens (tertiary/aromatic N) is 1. The van der Waals surface area contributed by atoms with E-state index in [9.17, 15) is 8.60 Å². The van der Waals surface area contributed by atoms with Crippen LogP contribution in [0, 0.1) is 17.1 Å². The molecular weight excluding hydrogens is 237 g/mol. The maximum atomic E-state index is 13.7. The molecule has 0 fully saturated rings. The third-order valence-electron chi connectivity index (χ3n) is 2.49. The summed E-state index contributed by atoms with van der Waals surface area (Å²) in [5.41, 5.74) is 0.395. The van der Waals surface area contributed by atoms with Gasteiger partial charge >= 0.3 is 0 Å². The van der Waals surface area contributed by atoms with Crippen LogP contribution in [0.25, 0.3) is 0 Å². The van der Waals surface area contributed by atoms with Gasteiger partial charge in [-0.2, -0.15) is 5.26 Å². The molecule has 0 aliphatic heterocycles. The smallest absolute Gasteiger partial charge is 0.145 e. The van der Waals surface area contributed by atoms with E-state index in [-0.39, 0.29) is 11.3 Å². The van der Waals surface area contributed by atoms with E-state index in [0.717, 1.165) is 19.3 Å². The summed E-state index contributed by atoms with van der Waals surface area (Å²) in [7, 11) is -1.04. The highest BCUT2D eigenvalue weighted by Crippen LogP contribution is 2.14. The Hall–Kier alpha value is -1.21. The van der Waals surface area contributed by atoms with Crippen LogP contribution < -0.4 is 0 Å². The quantitative estimate of drug-likeness (QED) is 0.731. The Balaban J connectivity index is 2.63. The molecular formula is C13H16FNOS. The summed E-state index contributed by atoms with van der Waals surface area (Å²) in [6.07, 6.45) is 3.03. The monoisotopic (exact) mass is 253 g/mol. The Kier molecular flexibility index (Phi) is 5.85. The van der Waals surface area contributed by atoms with Gasteiger partial charge in [-0.25, -0.2) is 4.39 Å². The zero-order valence-electron chi connectivity index (χ0n) is 9.91. The van der Waals surface area contributed by atoms with Crippen molar-refractivity contribution in [2.24, 2.45) is 0 Å². The lowest BCUT2D eigenvalue weighted by Crippen LogP contribution is -2.03. The van der Waals surface area contributed by atoms with Crippen LogP contribution >= 0.6 is 0 Å². The molecule has 0 aliphatic rings. The normalized spacial score (nSPS) is 12.1. The van der Waals surface area contributed by atoms with Crippen molar-refractivity contribution in [3.8, 4) is 6.07 Å². The second kappa shape index (κ2) is 7.18. The molecule has 0 heterocycles. The van der Waals surface area contributed by atoms with E-state index >= 15 is 0 Å². The molecule has 1 aromatic carbocycles. The minimum Gasteiger partial charge on any atom is -0.259 e. The van der Waals surface area contributed by atoms with Crippen LogP contribution in [0.4, 0.5) is 4.39 Å². The zero-order valence-corrected chi connectivity index (χ0v) is 10.7. The average molecular weight is 253 g/mol. The SMILES string of the molecule is CCCCCS(=O)Cc1cccc(C#N)c1F. The lowest BCUT2D eigenvalue weighted by atomic mass is 10.1. The maximum Gasteiger partial charge on any atom is 0.145 e. The number of hydrogen-bond acceptors (Lipinski definition) is 2. The summed E-state index contributed by atoms with van der Waals surface area (Å²) >= 11 is 0. The van der Waals surface area contributed by atoms with Crippen molar-refractivity contribution in [2.45, 2.75) is 31.9 Å². The molecule has 0 radical (unpaired) electrons. The minimum atomic E-state index is -1.04. The summed E-state index contributed by atoms with van der Waals surface area (Å²) in [6.45, 7) is 2.08. The molecule has 0 saturated heterocycles. The maximum absolute atomic E-state index is 13.7. The molecule has 0 amide bonds.